The monoisotopic (exact) mass is 318 g/mol. The number of hydrogen-bond acceptors (Lipinski definition) is 5. The summed E-state index contributed by atoms with van der Waals surface area (Å²) in [5.41, 5.74) is 0. The first-order valence-electron chi connectivity index (χ1n) is 7.38. The minimum atomic E-state index is -0.0815. The van der Waals surface area contributed by atoms with Crippen LogP contribution in [0.3, 0.4) is 0 Å². The fraction of sp³-hybridized carbons (Fsp3) is 0.857. The lowest BCUT2D eigenvalue weighted by Crippen LogP contribution is -2.42. The Labute approximate surface area is 130 Å². The van der Waals surface area contributed by atoms with E-state index in [1.54, 1.807) is 4.90 Å². The quantitative estimate of drug-likeness (QED) is 0.664. The second-order valence-electron chi connectivity index (χ2n) is 5.42. The minimum absolute atomic E-state index is 0.0157. The van der Waals surface area contributed by atoms with Crippen LogP contribution in [0.15, 0.2) is 0 Å². The van der Waals surface area contributed by atoms with Crippen LogP contribution in [0.2, 0.25) is 0 Å². The number of carbonyl (C=O) groups is 2. The van der Waals surface area contributed by atoms with Gasteiger partial charge in [0.1, 0.15) is 0 Å². The summed E-state index contributed by atoms with van der Waals surface area (Å²) >= 11 is 1.33. The largest absolute Gasteiger partial charge is 0.396 e. The first-order chi connectivity index (χ1) is 10.0. The van der Waals surface area contributed by atoms with Crippen molar-refractivity contribution in [2.24, 2.45) is 5.92 Å². The van der Waals surface area contributed by atoms with Gasteiger partial charge >= 0.3 is 0 Å². The number of hydrogen-bond donors (Lipinski definition) is 2. The topological polar surface area (TPSA) is 78.9 Å². The third kappa shape index (κ3) is 7.15. The van der Waals surface area contributed by atoms with E-state index in [0.29, 0.717) is 38.5 Å². The summed E-state index contributed by atoms with van der Waals surface area (Å²) in [5.74, 6) is 0.847. The Hall–Kier alpha value is -0.790. The van der Waals surface area contributed by atoms with Crippen LogP contribution in [0, 0.1) is 5.92 Å². The zero-order valence-electron chi connectivity index (χ0n) is 12.8. The van der Waals surface area contributed by atoms with Crippen molar-refractivity contribution in [3.63, 3.8) is 0 Å². The average Bonchev–Trinajstić information content (AvgIpc) is 2.47. The molecule has 2 N–H and O–H groups in total. The Morgan fingerprint density at radius 3 is 2.52 bits per heavy atom. The molecular formula is C14H26N2O4S. The van der Waals surface area contributed by atoms with Crippen LogP contribution in [-0.2, 0) is 14.3 Å². The molecule has 122 valence electrons. The van der Waals surface area contributed by atoms with Crippen LogP contribution in [-0.4, -0.2) is 72.3 Å². The maximum Gasteiger partial charge on any atom is 0.232 e. The minimum Gasteiger partial charge on any atom is -0.396 e. The number of nitrogens with one attached hydrogen (secondary N) is 1. The standard InChI is InChI=1S/C14H26N2O4S/c1-11(2)12(3-6-17)15-13(18)9-21-10-14(19)16-4-7-20-8-5-16/h11-12,17H,3-10H2,1-2H3,(H,15,18). The molecule has 0 spiro atoms. The van der Waals surface area contributed by atoms with E-state index in [1.807, 2.05) is 13.8 Å². The third-order valence-corrected chi connectivity index (χ3v) is 4.33. The number of ether oxygens (including phenoxy) is 1. The molecule has 1 aliphatic rings. The van der Waals surface area contributed by atoms with E-state index in [4.69, 9.17) is 9.84 Å². The van der Waals surface area contributed by atoms with Crippen molar-refractivity contribution >= 4 is 23.6 Å². The molecule has 21 heavy (non-hydrogen) atoms. The van der Waals surface area contributed by atoms with Crippen molar-refractivity contribution in [3.05, 3.63) is 0 Å². The Kier molecular flexibility index (Phi) is 8.72. The molecule has 6 nitrogen and oxygen atoms in total. The Morgan fingerprint density at radius 1 is 1.29 bits per heavy atom. The van der Waals surface area contributed by atoms with Gasteiger partial charge in [-0.3, -0.25) is 9.59 Å². The summed E-state index contributed by atoms with van der Waals surface area (Å²) < 4.78 is 5.20. The van der Waals surface area contributed by atoms with Gasteiger partial charge in [-0.25, -0.2) is 0 Å². The summed E-state index contributed by atoms with van der Waals surface area (Å²) in [5, 5.41) is 11.9. The van der Waals surface area contributed by atoms with Gasteiger partial charge in [0.05, 0.1) is 24.7 Å². The Bertz CT molecular complexity index is 333. The molecule has 1 heterocycles. The number of nitrogens with zero attached hydrogens (tertiary/aromatic N) is 1. The van der Waals surface area contributed by atoms with Crippen molar-refractivity contribution in [2.45, 2.75) is 26.3 Å². The van der Waals surface area contributed by atoms with Crippen LogP contribution in [0.4, 0.5) is 0 Å². The molecule has 0 aliphatic carbocycles. The van der Waals surface area contributed by atoms with Crippen molar-refractivity contribution in [1.82, 2.24) is 10.2 Å². The Balaban J connectivity index is 2.21. The van der Waals surface area contributed by atoms with Gasteiger partial charge in [-0.2, -0.15) is 0 Å². The fourth-order valence-electron chi connectivity index (χ4n) is 2.09. The number of thioether (sulfide) groups is 1. The number of carbonyl (C=O) groups excluding carboxylic acids is 2. The highest BCUT2D eigenvalue weighted by molar-refractivity contribution is 8.00. The molecule has 0 aromatic rings. The lowest BCUT2D eigenvalue weighted by atomic mass is 10.0. The molecule has 1 aliphatic heterocycles. The predicted molar refractivity (Wildman–Crippen MR) is 83.2 cm³/mol. The van der Waals surface area contributed by atoms with Gasteiger partial charge < -0.3 is 20.1 Å². The molecule has 1 saturated heterocycles. The van der Waals surface area contributed by atoms with Crippen molar-refractivity contribution in [2.75, 3.05) is 44.4 Å². The summed E-state index contributed by atoms with van der Waals surface area (Å²) in [7, 11) is 0. The molecule has 0 aromatic heterocycles. The zero-order chi connectivity index (χ0) is 15.7. The molecule has 7 heteroatoms. The number of rotatable bonds is 8. The summed E-state index contributed by atoms with van der Waals surface area (Å²) in [4.78, 5) is 25.5. The van der Waals surface area contributed by atoms with E-state index in [2.05, 4.69) is 5.32 Å². The van der Waals surface area contributed by atoms with Gasteiger partial charge in [-0.1, -0.05) is 13.8 Å². The van der Waals surface area contributed by atoms with Gasteiger partial charge in [0.15, 0.2) is 0 Å². The molecule has 1 fully saturated rings. The van der Waals surface area contributed by atoms with Gasteiger partial charge in [-0.15, -0.1) is 11.8 Å². The number of morpholine rings is 1. The zero-order valence-corrected chi connectivity index (χ0v) is 13.7. The number of aliphatic hydroxyl groups is 1. The first-order valence-corrected chi connectivity index (χ1v) is 8.53. The molecule has 0 aromatic carbocycles. The molecule has 2 amide bonds. The molecule has 1 atom stereocenters. The van der Waals surface area contributed by atoms with Crippen LogP contribution < -0.4 is 5.32 Å². The van der Waals surface area contributed by atoms with Crippen molar-refractivity contribution in [3.8, 4) is 0 Å². The second kappa shape index (κ2) is 10.0. The summed E-state index contributed by atoms with van der Waals surface area (Å²) in [6.07, 6.45) is 0.556. The van der Waals surface area contributed by atoms with Gasteiger partial charge in [0.2, 0.25) is 11.8 Å². The van der Waals surface area contributed by atoms with Gasteiger partial charge in [0, 0.05) is 25.7 Å². The van der Waals surface area contributed by atoms with Crippen LogP contribution in [0.1, 0.15) is 20.3 Å². The van der Waals surface area contributed by atoms with Crippen LogP contribution in [0.5, 0.6) is 0 Å². The highest BCUT2D eigenvalue weighted by Crippen LogP contribution is 2.08. The SMILES string of the molecule is CC(C)C(CCO)NC(=O)CSCC(=O)N1CCOCC1. The van der Waals surface area contributed by atoms with Gasteiger partial charge in [0.25, 0.3) is 0 Å². The third-order valence-electron chi connectivity index (χ3n) is 3.41. The average molecular weight is 318 g/mol. The number of aliphatic hydroxyl groups excluding tert-OH is 1. The molecule has 1 unspecified atom stereocenters. The predicted octanol–water partition coefficient (Wildman–Crippen LogP) is 0.102. The maximum absolute atomic E-state index is 11.9. The fourth-order valence-corrected chi connectivity index (χ4v) is 2.82. The molecule has 1 rings (SSSR count). The van der Waals surface area contributed by atoms with Crippen LogP contribution in [0.25, 0.3) is 0 Å². The first kappa shape index (κ1) is 18.3. The number of amides is 2. The van der Waals surface area contributed by atoms with E-state index in [0.717, 1.165) is 0 Å². The van der Waals surface area contributed by atoms with E-state index < -0.39 is 0 Å². The summed E-state index contributed by atoms with van der Waals surface area (Å²) in [6.45, 7) is 6.54. The van der Waals surface area contributed by atoms with Crippen LogP contribution >= 0.6 is 11.8 Å². The molecule has 0 radical (unpaired) electrons. The molecule has 0 bridgehead atoms. The molecule has 0 saturated carbocycles. The smallest absolute Gasteiger partial charge is 0.232 e. The van der Waals surface area contributed by atoms with E-state index in [1.165, 1.54) is 11.8 Å². The van der Waals surface area contributed by atoms with E-state index in [-0.39, 0.29) is 36.1 Å². The lowest BCUT2D eigenvalue weighted by molar-refractivity contribution is -0.132. The highest BCUT2D eigenvalue weighted by atomic mass is 32.2. The van der Waals surface area contributed by atoms with Crippen molar-refractivity contribution in [1.29, 1.82) is 0 Å². The van der Waals surface area contributed by atoms with E-state index >= 15 is 0 Å². The summed E-state index contributed by atoms with van der Waals surface area (Å²) in [6, 6.07) is -0.0157. The second-order valence-corrected chi connectivity index (χ2v) is 6.40. The normalized spacial score (nSPS) is 16.9. The highest BCUT2D eigenvalue weighted by Gasteiger charge is 2.18. The Morgan fingerprint density at radius 2 is 1.95 bits per heavy atom. The van der Waals surface area contributed by atoms with Crippen molar-refractivity contribution < 1.29 is 19.4 Å². The molecular weight excluding hydrogens is 292 g/mol. The lowest BCUT2D eigenvalue weighted by Gasteiger charge is -2.26. The maximum atomic E-state index is 11.9. The van der Waals surface area contributed by atoms with Gasteiger partial charge in [-0.05, 0) is 12.3 Å². The van der Waals surface area contributed by atoms with E-state index in [9.17, 15) is 9.59 Å².